The van der Waals surface area contributed by atoms with Gasteiger partial charge in [0.2, 0.25) is 11.8 Å². The van der Waals surface area contributed by atoms with E-state index in [-0.39, 0.29) is 29.6 Å². The molecule has 114 valence electrons. The molecule has 0 atom stereocenters. The molecule has 21 heavy (non-hydrogen) atoms. The minimum Gasteiger partial charge on any atom is -0.381 e. The van der Waals surface area contributed by atoms with Gasteiger partial charge in [0.05, 0.1) is 0 Å². The Kier molecular flexibility index (Phi) is 3.92. The molecule has 0 radical (unpaired) electrons. The molecule has 0 spiro atoms. The van der Waals surface area contributed by atoms with E-state index in [0.29, 0.717) is 19.0 Å². The van der Waals surface area contributed by atoms with Crippen LogP contribution >= 0.6 is 0 Å². The van der Waals surface area contributed by atoms with Crippen molar-refractivity contribution < 1.29 is 14.3 Å². The lowest BCUT2D eigenvalue weighted by Gasteiger charge is -2.31. The standard InChI is InChI=1S/C14H20N4O3/c15-13(19)10-5-9(6-10)11-7-12(18-17-11)16-14(20)8-1-3-21-4-2-8/h7-10H,1-6H2,(H2,15,19)(H2,16,17,18,20). The Labute approximate surface area is 122 Å². The van der Waals surface area contributed by atoms with Crippen molar-refractivity contribution in [2.45, 2.75) is 31.6 Å². The largest absolute Gasteiger partial charge is 0.381 e. The second-order valence-corrected chi connectivity index (χ2v) is 5.85. The number of carbonyl (C=O) groups is 2. The fourth-order valence-corrected chi connectivity index (χ4v) is 2.90. The molecule has 1 aromatic heterocycles. The molecule has 1 aromatic rings. The number of aromatic nitrogens is 2. The summed E-state index contributed by atoms with van der Waals surface area (Å²) < 4.78 is 5.25. The van der Waals surface area contributed by atoms with E-state index in [1.165, 1.54) is 0 Å². The number of rotatable bonds is 4. The lowest BCUT2D eigenvalue weighted by Crippen LogP contribution is -2.34. The number of anilines is 1. The van der Waals surface area contributed by atoms with E-state index in [0.717, 1.165) is 31.4 Å². The van der Waals surface area contributed by atoms with E-state index in [1.54, 1.807) is 0 Å². The molecule has 0 bridgehead atoms. The molecule has 1 saturated heterocycles. The topological polar surface area (TPSA) is 110 Å². The zero-order valence-electron chi connectivity index (χ0n) is 11.8. The molecular formula is C14H20N4O3. The third-order valence-corrected chi connectivity index (χ3v) is 4.42. The van der Waals surface area contributed by atoms with Crippen LogP contribution in [0.15, 0.2) is 6.07 Å². The first-order valence-corrected chi connectivity index (χ1v) is 7.36. The van der Waals surface area contributed by atoms with Crippen molar-refractivity contribution in [2.75, 3.05) is 18.5 Å². The van der Waals surface area contributed by atoms with Gasteiger partial charge in [-0.05, 0) is 25.7 Å². The Morgan fingerprint density at radius 1 is 1.29 bits per heavy atom. The van der Waals surface area contributed by atoms with Gasteiger partial charge in [0.1, 0.15) is 0 Å². The smallest absolute Gasteiger partial charge is 0.228 e. The van der Waals surface area contributed by atoms with Gasteiger partial charge < -0.3 is 15.8 Å². The summed E-state index contributed by atoms with van der Waals surface area (Å²) in [7, 11) is 0. The number of amides is 2. The van der Waals surface area contributed by atoms with Crippen LogP contribution in [0, 0.1) is 11.8 Å². The van der Waals surface area contributed by atoms with E-state index < -0.39 is 0 Å². The normalized spacial score (nSPS) is 26.1. The summed E-state index contributed by atoms with van der Waals surface area (Å²) in [6.45, 7) is 1.28. The van der Waals surface area contributed by atoms with Crippen LogP contribution in [0.5, 0.6) is 0 Å². The molecule has 7 nitrogen and oxygen atoms in total. The van der Waals surface area contributed by atoms with Crippen LogP contribution in [0.25, 0.3) is 0 Å². The number of H-pyrrole nitrogens is 1. The molecule has 2 amide bonds. The van der Waals surface area contributed by atoms with E-state index in [1.807, 2.05) is 6.07 Å². The molecule has 0 aromatic carbocycles. The summed E-state index contributed by atoms with van der Waals surface area (Å²) in [5.41, 5.74) is 6.21. The van der Waals surface area contributed by atoms with Gasteiger partial charge in [-0.15, -0.1) is 0 Å². The average Bonchev–Trinajstić information content (AvgIpc) is 2.85. The SMILES string of the molecule is NC(=O)C1CC(c2cc(NC(=O)C3CCOCC3)n[nH]2)C1. The lowest BCUT2D eigenvalue weighted by molar-refractivity contribution is -0.124. The van der Waals surface area contributed by atoms with Gasteiger partial charge in [0.25, 0.3) is 0 Å². The first-order valence-electron chi connectivity index (χ1n) is 7.36. The Morgan fingerprint density at radius 3 is 2.67 bits per heavy atom. The number of primary amides is 1. The molecule has 2 heterocycles. The van der Waals surface area contributed by atoms with Gasteiger partial charge in [-0.3, -0.25) is 14.7 Å². The van der Waals surface area contributed by atoms with Gasteiger partial charge in [0, 0.05) is 42.7 Å². The number of nitrogens with two attached hydrogens (primary N) is 1. The zero-order valence-corrected chi connectivity index (χ0v) is 11.8. The highest BCUT2D eigenvalue weighted by molar-refractivity contribution is 5.91. The monoisotopic (exact) mass is 292 g/mol. The summed E-state index contributed by atoms with van der Waals surface area (Å²) in [5, 5.41) is 9.89. The molecule has 0 unspecified atom stereocenters. The highest BCUT2D eigenvalue weighted by Gasteiger charge is 2.35. The number of aromatic amines is 1. The number of carbonyl (C=O) groups excluding carboxylic acids is 2. The van der Waals surface area contributed by atoms with Crippen LogP contribution in [-0.2, 0) is 14.3 Å². The zero-order chi connectivity index (χ0) is 14.8. The van der Waals surface area contributed by atoms with E-state index in [2.05, 4.69) is 15.5 Å². The van der Waals surface area contributed by atoms with Crippen molar-refractivity contribution in [1.29, 1.82) is 0 Å². The fraction of sp³-hybridized carbons (Fsp3) is 0.643. The quantitative estimate of drug-likeness (QED) is 0.760. The third-order valence-electron chi connectivity index (χ3n) is 4.42. The van der Waals surface area contributed by atoms with Crippen molar-refractivity contribution in [3.63, 3.8) is 0 Å². The summed E-state index contributed by atoms with van der Waals surface area (Å²) in [5.74, 6) is 0.562. The first-order chi connectivity index (χ1) is 10.1. The van der Waals surface area contributed by atoms with Crippen LogP contribution in [0.3, 0.4) is 0 Å². The Balaban J connectivity index is 1.53. The van der Waals surface area contributed by atoms with Gasteiger partial charge >= 0.3 is 0 Å². The molecule has 4 N–H and O–H groups in total. The average molecular weight is 292 g/mol. The minimum absolute atomic E-state index is 0.0000260. The number of nitrogens with one attached hydrogen (secondary N) is 2. The third kappa shape index (κ3) is 3.07. The van der Waals surface area contributed by atoms with Gasteiger partial charge in [-0.2, -0.15) is 5.10 Å². The van der Waals surface area contributed by atoms with Crippen LogP contribution in [-0.4, -0.2) is 35.2 Å². The predicted molar refractivity (Wildman–Crippen MR) is 75.4 cm³/mol. The summed E-state index contributed by atoms with van der Waals surface area (Å²) >= 11 is 0. The van der Waals surface area contributed by atoms with E-state index >= 15 is 0 Å². The molecule has 1 aliphatic carbocycles. The van der Waals surface area contributed by atoms with Gasteiger partial charge in [-0.1, -0.05) is 0 Å². The molecule has 2 fully saturated rings. The van der Waals surface area contributed by atoms with Crippen LogP contribution < -0.4 is 11.1 Å². The van der Waals surface area contributed by atoms with E-state index in [9.17, 15) is 9.59 Å². The maximum absolute atomic E-state index is 12.1. The maximum Gasteiger partial charge on any atom is 0.228 e. The molecule has 7 heteroatoms. The van der Waals surface area contributed by atoms with Crippen molar-refractivity contribution in [3.05, 3.63) is 11.8 Å². The first kappa shape index (κ1) is 14.1. The summed E-state index contributed by atoms with van der Waals surface area (Å²) in [6.07, 6.45) is 3.02. The van der Waals surface area contributed by atoms with Crippen molar-refractivity contribution >= 4 is 17.6 Å². The van der Waals surface area contributed by atoms with Crippen molar-refractivity contribution in [1.82, 2.24) is 10.2 Å². The summed E-state index contributed by atoms with van der Waals surface area (Å²) in [6, 6.07) is 1.85. The van der Waals surface area contributed by atoms with Crippen molar-refractivity contribution in [3.8, 4) is 0 Å². The van der Waals surface area contributed by atoms with Gasteiger partial charge in [-0.25, -0.2) is 0 Å². The molecule has 1 saturated carbocycles. The Hall–Kier alpha value is -1.89. The second-order valence-electron chi connectivity index (χ2n) is 5.85. The predicted octanol–water partition coefficient (Wildman–Crippen LogP) is 0.754. The number of hydrogen-bond donors (Lipinski definition) is 3. The summed E-state index contributed by atoms with van der Waals surface area (Å²) in [4.78, 5) is 23.1. The van der Waals surface area contributed by atoms with Gasteiger partial charge in [0.15, 0.2) is 5.82 Å². The Morgan fingerprint density at radius 2 is 2.00 bits per heavy atom. The highest BCUT2D eigenvalue weighted by Crippen LogP contribution is 2.41. The minimum atomic E-state index is -0.237. The molecule has 3 rings (SSSR count). The number of hydrogen-bond acceptors (Lipinski definition) is 4. The Bertz CT molecular complexity index is 530. The fourth-order valence-electron chi connectivity index (χ4n) is 2.90. The number of ether oxygens (including phenoxy) is 1. The highest BCUT2D eigenvalue weighted by atomic mass is 16.5. The second kappa shape index (κ2) is 5.85. The van der Waals surface area contributed by atoms with Crippen LogP contribution in [0.2, 0.25) is 0 Å². The molecule has 1 aliphatic heterocycles. The lowest BCUT2D eigenvalue weighted by atomic mass is 9.73. The van der Waals surface area contributed by atoms with Crippen LogP contribution in [0.1, 0.15) is 37.3 Å². The van der Waals surface area contributed by atoms with Crippen molar-refractivity contribution in [2.24, 2.45) is 17.6 Å². The van der Waals surface area contributed by atoms with E-state index in [4.69, 9.17) is 10.5 Å². The molecule has 2 aliphatic rings. The maximum atomic E-state index is 12.1. The van der Waals surface area contributed by atoms with Crippen LogP contribution in [0.4, 0.5) is 5.82 Å². The molecular weight excluding hydrogens is 272 g/mol. The number of nitrogens with zero attached hydrogens (tertiary/aromatic N) is 1.